The molecule has 2 aromatic rings. The topological polar surface area (TPSA) is 87.8 Å². The highest BCUT2D eigenvalue weighted by Crippen LogP contribution is 2.36. The third kappa shape index (κ3) is 3.99. The fraction of sp³-hybridized carbons (Fsp3) is 0.500. The molecule has 0 bridgehead atoms. The SMILES string of the molecule is COc1cccc(C[C@@]2(C(=O)O)CN(Cc3cn(C)c(C)n3)CC[C@@H]2O)c1. The number of ether oxygens (including phenoxy) is 1. The van der Waals surface area contributed by atoms with Gasteiger partial charge in [0.1, 0.15) is 17.0 Å². The van der Waals surface area contributed by atoms with Gasteiger partial charge in [-0.2, -0.15) is 0 Å². The number of benzene rings is 1. The molecule has 1 aliphatic rings. The molecule has 0 unspecified atom stereocenters. The molecule has 1 fully saturated rings. The van der Waals surface area contributed by atoms with Crippen LogP contribution in [0.15, 0.2) is 30.5 Å². The molecule has 0 spiro atoms. The summed E-state index contributed by atoms with van der Waals surface area (Å²) < 4.78 is 7.20. The largest absolute Gasteiger partial charge is 0.497 e. The average Bonchev–Trinajstić information content (AvgIpc) is 2.95. The zero-order valence-corrected chi connectivity index (χ0v) is 16.1. The maximum Gasteiger partial charge on any atom is 0.313 e. The number of aliphatic hydroxyl groups excluding tert-OH is 1. The van der Waals surface area contributed by atoms with Gasteiger partial charge in [0.25, 0.3) is 0 Å². The normalized spacial score (nSPS) is 23.3. The van der Waals surface area contributed by atoms with Crippen LogP contribution in [0.4, 0.5) is 0 Å². The molecule has 2 N–H and O–H groups in total. The Labute approximate surface area is 159 Å². The number of rotatable bonds is 6. The lowest BCUT2D eigenvalue weighted by Gasteiger charge is -2.43. The molecule has 27 heavy (non-hydrogen) atoms. The van der Waals surface area contributed by atoms with Gasteiger partial charge < -0.3 is 19.5 Å². The summed E-state index contributed by atoms with van der Waals surface area (Å²) in [5, 5.41) is 20.7. The van der Waals surface area contributed by atoms with Crippen molar-refractivity contribution in [3.05, 3.63) is 47.5 Å². The van der Waals surface area contributed by atoms with E-state index in [0.717, 1.165) is 17.1 Å². The molecule has 0 saturated carbocycles. The van der Waals surface area contributed by atoms with Gasteiger partial charge in [-0.1, -0.05) is 12.1 Å². The Kier molecular flexibility index (Phi) is 5.53. The molecule has 1 aromatic carbocycles. The molecule has 7 nitrogen and oxygen atoms in total. The van der Waals surface area contributed by atoms with E-state index in [1.54, 1.807) is 7.11 Å². The van der Waals surface area contributed by atoms with Crippen LogP contribution in [-0.4, -0.2) is 56.9 Å². The van der Waals surface area contributed by atoms with E-state index in [9.17, 15) is 15.0 Å². The molecule has 0 amide bonds. The number of aryl methyl sites for hydroxylation is 2. The van der Waals surface area contributed by atoms with E-state index in [-0.39, 0.29) is 13.0 Å². The third-order valence-electron chi connectivity index (χ3n) is 5.49. The lowest BCUT2D eigenvalue weighted by molar-refractivity contribution is -0.163. The number of methoxy groups -OCH3 is 1. The number of nitrogens with zero attached hydrogens (tertiary/aromatic N) is 3. The maximum absolute atomic E-state index is 12.3. The number of piperidine rings is 1. The van der Waals surface area contributed by atoms with Crippen LogP contribution in [-0.2, 0) is 24.8 Å². The number of carboxylic acids is 1. The minimum absolute atomic E-state index is 0.248. The van der Waals surface area contributed by atoms with Crippen molar-refractivity contribution in [2.75, 3.05) is 20.2 Å². The summed E-state index contributed by atoms with van der Waals surface area (Å²) in [6.07, 6.45) is 1.73. The van der Waals surface area contributed by atoms with Crippen molar-refractivity contribution in [1.29, 1.82) is 0 Å². The number of aromatic nitrogens is 2. The first-order valence-electron chi connectivity index (χ1n) is 9.09. The third-order valence-corrected chi connectivity index (χ3v) is 5.49. The lowest BCUT2D eigenvalue weighted by atomic mass is 9.73. The van der Waals surface area contributed by atoms with E-state index in [0.29, 0.717) is 25.3 Å². The fourth-order valence-electron chi connectivity index (χ4n) is 3.84. The van der Waals surface area contributed by atoms with Crippen molar-refractivity contribution in [2.45, 2.75) is 32.4 Å². The summed E-state index contributed by atoms with van der Waals surface area (Å²) in [6.45, 7) is 3.43. The van der Waals surface area contributed by atoms with Gasteiger partial charge in [0.2, 0.25) is 0 Å². The number of hydrogen-bond acceptors (Lipinski definition) is 5. The molecule has 1 aromatic heterocycles. The number of likely N-dealkylation sites (tertiary alicyclic amines) is 1. The van der Waals surface area contributed by atoms with E-state index in [1.807, 2.05) is 49.0 Å². The van der Waals surface area contributed by atoms with Crippen molar-refractivity contribution in [2.24, 2.45) is 12.5 Å². The minimum Gasteiger partial charge on any atom is -0.497 e. The van der Waals surface area contributed by atoms with Gasteiger partial charge in [-0.15, -0.1) is 0 Å². The molecular weight excluding hydrogens is 346 g/mol. The second kappa shape index (κ2) is 7.70. The molecule has 1 aliphatic heterocycles. The molecule has 7 heteroatoms. The van der Waals surface area contributed by atoms with E-state index in [2.05, 4.69) is 9.88 Å². The number of aliphatic hydroxyl groups is 1. The lowest BCUT2D eigenvalue weighted by Crippen LogP contribution is -2.56. The second-order valence-corrected chi connectivity index (χ2v) is 7.40. The predicted octanol–water partition coefficient (Wildman–Crippen LogP) is 1.62. The van der Waals surface area contributed by atoms with Gasteiger partial charge in [-0.3, -0.25) is 9.69 Å². The first kappa shape index (κ1) is 19.4. The van der Waals surface area contributed by atoms with E-state index >= 15 is 0 Å². The van der Waals surface area contributed by atoms with Crippen LogP contribution in [0.1, 0.15) is 23.5 Å². The summed E-state index contributed by atoms with van der Waals surface area (Å²) in [6, 6.07) is 7.37. The smallest absolute Gasteiger partial charge is 0.313 e. The Morgan fingerprint density at radius 1 is 1.44 bits per heavy atom. The molecule has 1 saturated heterocycles. The predicted molar refractivity (Wildman–Crippen MR) is 101 cm³/mol. The highest BCUT2D eigenvalue weighted by Gasteiger charge is 2.49. The first-order chi connectivity index (χ1) is 12.8. The molecule has 0 radical (unpaired) electrons. The second-order valence-electron chi connectivity index (χ2n) is 7.40. The van der Waals surface area contributed by atoms with Gasteiger partial charge in [0.05, 0.1) is 18.9 Å². The fourth-order valence-corrected chi connectivity index (χ4v) is 3.84. The van der Waals surface area contributed by atoms with Crippen molar-refractivity contribution < 1.29 is 19.7 Å². The maximum atomic E-state index is 12.3. The Balaban J connectivity index is 1.83. The molecule has 2 heterocycles. The van der Waals surface area contributed by atoms with Crippen molar-refractivity contribution >= 4 is 5.97 Å². The first-order valence-corrected chi connectivity index (χ1v) is 9.09. The Hall–Kier alpha value is -2.38. The average molecular weight is 373 g/mol. The van der Waals surface area contributed by atoms with E-state index < -0.39 is 17.5 Å². The molecule has 2 atom stereocenters. The number of imidazole rings is 1. The summed E-state index contributed by atoms with van der Waals surface area (Å²) in [5.41, 5.74) is 0.493. The highest BCUT2D eigenvalue weighted by atomic mass is 16.5. The summed E-state index contributed by atoms with van der Waals surface area (Å²) in [7, 11) is 3.52. The summed E-state index contributed by atoms with van der Waals surface area (Å²) >= 11 is 0. The van der Waals surface area contributed by atoms with Crippen LogP contribution >= 0.6 is 0 Å². The monoisotopic (exact) mass is 373 g/mol. The van der Waals surface area contributed by atoms with Crippen LogP contribution < -0.4 is 4.74 Å². The Morgan fingerprint density at radius 3 is 2.85 bits per heavy atom. The Bertz CT molecular complexity index is 800. The van der Waals surface area contributed by atoms with Gasteiger partial charge in [-0.25, -0.2) is 4.98 Å². The quantitative estimate of drug-likeness (QED) is 0.800. The van der Waals surface area contributed by atoms with Gasteiger partial charge in [0, 0.05) is 32.9 Å². The zero-order chi connectivity index (χ0) is 19.6. The van der Waals surface area contributed by atoms with Gasteiger partial charge in [-0.05, 0) is 37.5 Å². The molecular formula is C20H27N3O4. The number of hydrogen-bond donors (Lipinski definition) is 2. The van der Waals surface area contributed by atoms with Crippen LogP contribution in [0, 0.1) is 12.3 Å². The zero-order valence-electron chi connectivity index (χ0n) is 16.1. The van der Waals surface area contributed by atoms with Gasteiger partial charge in [0.15, 0.2) is 0 Å². The van der Waals surface area contributed by atoms with Crippen molar-refractivity contribution in [3.63, 3.8) is 0 Å². The summed E-state index contributed by atoms with van der Waals surface area (Å²) in [5.74, 6) is 0.627. The molecule has 0 aliphatic carbocycles. The molecule has 146 valence electrons. The van der Waals surface area contributed by atoms with Crippen molar-refractivity contribution in [3.8, 4) is 5.75 Å². The van der Waals surface area contributed by atoms with Crippen LogP contribution in [0.25, 0.3) is 0 Å². The molecule has 3 rings (SSSR count). The highest BCUT2D eigenvalue weighted by molar-refractivity contribution is 5.76. The van der Waals surface area contributed by atoms with Gasteiger partial charge >= 0.3 is 5.97 Å². The number of carboxylic acid groups (broad SMARTS) is 1. The number of aliphatic carboxylic acids is 1. The van der Waals surface area contributed by atoms with Crippen LogP contribution in [0.3, 0.4) is 0 Å². The summed E-state index contributed by atoms with van der Waals surface area (Å²) in [4.78, 5) is 18.9. The van der Waals surface area contributed by atoms with Crippen LogP contribution in [0.2, 0.25) is 0 Å². The number of carbonyl (C=O) groups is 1. The van der Waals surface area contributed by atoms with E-state index in [4.69, 9.17) is 4.74 Å². The van der Waals surface area contributed by atoms with Crippen molar-refractivity contribution in [1.82, 2.24) is 14.5 Å². The van der Waals surface area contributed by atoms with E-state index in [1.165, 1.54) is 0 Å². The van der Waals surface area contributed by atoms with Crippen LogP contribution in [0.5, 0.6) is 5.75 Å². The standard InChI is InChI=1S/C20H27N3O4/c1-14-21-16(11-22(14)2)12-23-8-7-18(24)20(13-23,19(25)26)10-15-5-4-6-17(9-15)27-3/h4-6,9,11,18,24H,7-8,10,12-13H2,1-3H3,(H,25,26)/t18-,20+/m0/s1. The minimum atomic E-state index is -1.26. The Morgan fingerprint density at radius 2 is 2.22 bits per heavy atom.